The quantitative estimate of drug-likeness (QED) is 0.426. The zero-order valence-corrected chi connectivity index (χ0v) is 14.7. The van der Waals surface area contributed by atoms with E-state index in [1.165, 1.54) is 0 Å². The van der Waals surface area contributed by atoms with Crippen LogP contribution >= 0.6 is 0 Å². The van der Waals surface area contributed by atoms with Gasteiger partial charge in [0.1, 0.15) is 12.4 Å². The number of carbonyl (C=O) groups excluding carboxylic acids is 2. The number of benzene rings is 1. The third-order valence-corrected chi connectivity index (χ3v) is 3.60. The standard InChI is InChI=1S/C19H28O5/c1-3-4-5-8-14-23-18(20)12-9-13-19(21)24-15-16-10-6-7-11-17(16)22-2/h6-7,10-11H,3-5,8-9,12-15H2,1-2H3. The maximum Gasteiger partial charge on any atom is 0.306 e. The number of esters is 2. The van der Waals surface area contributed by atoms with Crippen molar-refractivity contribution in [1.29, 1.82) is 0 Å². The number of rotatable bonds is 12. The Morgan fingerprint density at radius 1 is 0.917 bits per heavy atom. The molecule has 0 aliphatic carbocycles. The highest BCUT2D eigenvalue weighted by Gasteiger charge is 2.09. The highest BCUT2D eigenvalue weighted by Crippen LogP contribution is 2.18. The van der Waals surface area contributed by atoms with Gasteiger partial charge in [0.2, 0.25) is 0 Å². The van der Waals surface area contributed by atoms with E-state index >= 15 is 0 Å². The molecule has 1 rings (SSSR count). The van der Waals surface area contributed by atoms with E-state index in [0.717, 1.165) is 31.2 Å². The normalized spacial score (nSPS) is 10.2. The summed E-state index contributed by atoms with van der Waals surface area (Å²) in [5.74, 6) is 0.123. The Labute approximate surface area is 144 Å². The summed E-state index contributed by atoms with van der Waals surface area (Å²) in [6.45, 7) is 2.78. The third kappa shape index (κ3) is 8.56. The monoisotopic (exact) mass is 336 g/mol. The lowest BCUT2D eigenvalue weighted by molar-refractivity contribution is -0.146. The van der Waals surface area contributed by atoms with E-state index in [4.69, 9.17) is 14.2 Å². The third-order valence-electron chi connectivity index (χ3n) is 3.60. The molecule has 1 aromatic rings. The lowest BCUT2D eigenvalue weighted by atomic mass is 10.2. The Kier molecular flexibility index (Phi) is 10.3. The molecule has 0 saturated carbocycles. The minimum Gasteiger partial charge on any atom is -0.496 e. The van der Waals surface area contributed by atoms with Gasteiger partial charge in [0.15, 0.2) is 0 Å². The average molecular weight is 336 g/mol. The first-order valence-corrected chi connectivity index (χ1v) is 8.60. The fourth-order valence-electron chi connectivity index (χ4n) is 2.22. The molecule has 0 amide bonds. The topological polar surface area (TPSA) is 61.8 Å². The van der Waals surface area contributed by atoms with Crippen LogP contribution in [0.3, 0.4) is 0 Å². The van der Waals surface area contributed by atoms with Crippen LogP contribution in [0.5, 0.6) is 5.75 Å². The summed E-state index contributed by atoms with van der Waals surface area (Å²) in [7, 11) is 1.58. The molecule has 0 fully saturated rings. The molecule has 5 heteroatoms. The van der Waals surface area contributed by atoms with Crippen LogP contribution in [0.25, 0.3) is 0 Å². The molecule has 0 aromatic heterocycles. The molecule has 0 spiro atoms. The molecule has 0 bridgehead atoms. The van der Waals surface area contributed by atoms with Crippen molar-refractivity contribution in [3.05, 3.63) is 29.8 Å². The van der Waals surface area contributed by atoms with E-state index in [-0.39, 0.29) is 31.4 Å². The van der Waals surface area contributed by atoms with Gasteiger partial charge in [-0.25, -0.2) is 0 Å². The lowest BCUT2D eigenvalue weighted by Crippen LogP contribution is -2.09. The number of hydrogen-bond acceptors (Lipinski definition) is 5. The smallest absolute Gasteiger partial charge is 0.306 e. The van der Waals surface area contributed by atoms with Crippen LogP contribution in [0.15, 0.2) is 24.3 Å². The van der Waals surface area contributed by atoms with Crippen LogP contribution in [0, 0.1) is 0 Å². The summed E-state index contributed by atoms with van der Waals surface area (Å²) in [5.41, 5.74) is 0.819. The van der Waals surface area contributed by atoms with Crippen molar-refractivity contribution in [2.45, 2.75) is 58.5 Å². The molecular formula is C19H28O5. The Balaban J connectivity index is 2.12. The molecule has 0 radical (unpaired) electrons. The number of ether oxygens (including phenoxy) is 3. The minimum atomic E-state index is -0.323. The number of unbranched alkanes of at least 4 members (excludes halogenated alkanes) is 3. The van der Waals surface area contributed by atoms with E-state index < -0.39 is 0 Å². The Bertz CT molecular complexity index is 498. The molecule has 0 aliphatic rings. The van der Waals surface area contributed by atoms with Crippen LogP contribution in [-0.2, 0) is 25.7 Å². The van der Waals surface area contributed by atoms with Crippen molar-refractivity contribution in [2.75, 3.05) is 13.7 Å². The lowest BCUT2D eigenvalue weighted by Gasteiger charge is -2.09. The molecule has 0 atom stereocenters. The summed E-state index contributed by atoms with van der Waals surface area (Å²) >= 11 is 0. The van der Waals surface area contributed by atoms with Crippen molar-refractivity contribution in [3.8, 4) is 5.75 Å². The number of hydrogen-bond donors (Lipinski definition) is 0. The summed E-state index contributed by atoms with van der Waals surface area (Å²) in [6.07, 6.45) is 5.20. The van der Waals surface area contributed by atoms with E-state index in [9.17, 15) is 9.59 Å². The number of methoxy groups -OCH3 is 1. The first kappa shape index (κ1) is 20.0. The minimum absolute atomic E-state index is 0.171. The van der Waals surface area contributed by atoms with E-state index in [1.807, 2.05) is 24.3 Å². The van der Waals surface area contributed by atoms with Gasteiger partial charge in [-0.1, -0.05) is 44.4 Å². The van der Waals surface area contributed by atoms with Crippen molar-refractivity contribution in [1.82, 2.24) is 0 Å². The van der Waals surface area contributed by atoms with Gasteiger partial charge >= 0.3 is 11.9 Å². The van der Waals surface area contributed by atoms with Gasteiger partial charge in [-0.3, -0.25) is 9.59 Å². The second-order valence-corrected chi connectivity index (χ2v) is 5.61. The van der Waals surface area contributed by atoms with Crippen molar-refractivity contribution in [2.24, 2.45) is 0 Å². The van der Waals surface area contributed by atoms with Crippen LogP contribution in [-0.4, -0.2) is 25.7 Å². The van der Waals surface area contributed by atoms with Gasteiger partial charge in [0.25, 0.3) is 0 Å². The highest BCUT2D eigenvalue weighted by molar-refractivity contribution is 5.72. The maximum absolute atomic E-state index is 11.7. The Morgan fingerprint density at radius 3 is 2.33 bits per heavy atom. The summed E-state index contributed by atoms with van der Waals surface area (Å²) in [4.78, 5) is 23.2. The Morgan fingerprint density at radius 2 is 1.62 bits per heavy atom. The largest absolute Gasteiger partial charge is 0.496 e. The van der Waals surface area contributed by atoms with E-state index in [1.54, 1.807) is 7.11 Å². The van der Waals surface area contributed by atoms with Crippen LogP contribution in [0.1, 0.15) is 57.4 Å². The van der Waals surface area contributed by atoms with Crippen molar-refractivity contribution >= 4 is 11.9 Å². The summed E-state index contributed by atoms with van der Waals surface area (Å²) < 4.78 is 15.5. The molecule has 5 nitrogen and oxygen atoms in total. The SMILES string of the molecule is CCCCCCOC(=O)CCCC(=O)OCc1ccccc1OC. The summed E-state index contributed by atoms with van der Waals surface area (Å²) in [5, 5.41) is 0. The number of carbonyl (C=O) groups is 2. The molecule has 24 heavy (non-hydrogen) atoms. The average Bonchev–Trinajstić information content (AvgIpc) is 2.60. The Hall–Kier alpha value is -2.04. The van der Waals surface area contributed by atoms with Crippen LogP contribution in [0.2, 0.25) is 0 Å². The fraction of sp³-hybridized carbons (Fsp3) is 0.579. The zero-order chi connectivity index (χ0) is 17.6. The molecule has 0 aliphatic heterocycles. The zero-order valence-electron chi connectivity index (χ0n) is 14.7. The van der Waals surface area contributed by atoms with Gasteiger partial charge < -0.3 is 14.2 Å². The van der Waals surface area contributed by atoms with E-state index in [2.05, 4.69) is 6.92 Å². The predicted molar refractivity (Wildman–Crippen MR) is 91.7 cm³/mol. The van der Waals surface area contributed by atoms with Crippen LogP contribution < -0.4 is 4.74 Å². The first-order chi connectivity index (χ1) is 11.7. The van der Waals surface area contributed by atoms with Gasteiger partial charge in [-0.15, -0.1) is 0 Å². The molecule has 1 aromatic carbocycles. The predicted octanol–water partition coefficient (Wildman–Crippen LogP) is 4.03. The van der Waals surface area contributed by atoms with Gasteiger partial charge in [0.05, 0.1) is 13.7 Å². The molecule has 0 unspecified atom stereocenters. The maximum atomic E-state index is 11.7. The fourth-order valence-corrected chi connectivity index (χ4v) is 2.22. The second-order valence-electron chi connectivity index (χ2n) is 5.61. The molecule has 0 heterocycles. The van der Waals surface area contributed by atoms with Crippen molar-refractivity contribution in [3.63, 3.8) is 0 Å². The van der Waals surface area contributed by atoms with Crippen LogP contribution in [0.4, 0.5) is 0 Å². The van der Waals surface area contributed by atoms with Crippen molar-refractivity contribution < 1.29 is 23.8 Å². The van der Waals surface area contributed by atoms with Gasteiger partial charge in [-0.05, 0) is 18.9 Å². The van der Waals surface area contributed by atoms with Gasteiger partial charge in [-0.2, -0.15) is 0 Å². The van der Waals surface area contributed by atoms with Gasteiger partial charge in [0, 0.05) is 18.4 Å². The highest BCUT2D eigenvalue weighted by atomic mass is 16.5. The molecule has 134 valence electrons. The molecular weight excluding hydrogens is 308 g/mol. The first-order valence-electron chi connectivity index (χ1n) is 8.60. The number of para-hydroxylation sites is 1. The molecule has 0 saturated heterocycles. The van der Waals surface area contributed by atoms with E-state index in [0.29, 0.717) is 18.8 Å². The molecule has 0 N–H and O–H groups in total. The summed E-state index contributed by atoms with van der Waals surface area (Å²) in [6, 6.07) is 7.39. The second kappa shape index (κ2) is 12.4.